The van der Waals surface area contributed by atoms with Gasteiger partial charge in [0.15, 0.2) is 0 Å². The van der Waals surface area contributed by atoms with Crippen LogP contribution in [0.25, 0.3) is 21.7 Å². The zero-order valence-corrected chi connectivity index (χ0v) is 17.5. The number of amides is 3. The normalized spacial score (nSPS) is 13.5. The highest BCUT2D eigenvalue weighted by Crippen LogP contribution is 2.35. The topological polar surface area (TPSA) is 98.1 Å². The van der Waals surface area contributed by atoms with Crippen LogP contribution < -0.4 is 5.32 Å². The second-order valence-electron chi connectivity index (χ2n) is 7.65. The van der Waals surface area contributed by atoms with Gasteiger partial charge in [0.1, 0.15) is 12.3 Å². The van der Waals surface area contributed by atoms with E-state index in [-0.39, 0.29) is 24.6 Å². The Kier molecular flexibility index (Phi) is 5.90. The number of hydrogen-bond donors (Lipinski definition) is 1. The molecular formula is C23H24N2O6. The van der Waals surface area contributed by atoms with Gasteiger partial charge in [0.05, 0.1) is 12.4 Å². The van der Waals surface area contributed by atoms with Crippen LogP contribution in [-0.2, 0) is 9.47 Å². The Morgan fingerprint density at radius 1 is 1.13 bits per heavy atom. The van der Waals surface area contributed by atoms with Gasteiger partial charge in [-0.3, -0.25) is 14.5 Å². The quantitative estimate of drug-likeness (QED) is 0.432. The highest BCUT2D eigenvalue weighted by molar-refractivity contribution is 6.28. The summed E-state index contributed by atoms with van der Waals surface area (Å²) < 4.78 is 16.1. The molecule has 1 aliphatic heterocycles. The molecule has 8 nitrogen and oxygen atoms in total. The summed E-state index contributed by atoms with van der Waals surface area (Å²) in [6, 6.07) is 8.91. The number of furan rings is 1. The van der Waals surface area contributed by atoms with E-state index >= 15 is 0 Å². The summed E-state index contributed by atoms with van der Waals surface area (Å²) in [5, 5.41) is 4.84. The van der Waals surface area contributed by atoms with Gasteiger partial charge >= 0.3 is 6.09 Å². The van der Waals surface area contributed by atoms with Crippen LogP contribution in [0.1, 0.15) is 47.4 Å². The molecule has 1 aromatic heterocycles. The molecule has 1 aliphatic rings. The predicted octanol–water partition coefficient (Wildman–Crippen LogP) is 4.07. The summed E-state index contributed by atoms with van der Waals surface area (Å²) in [6.45, 7) is 4.27. The zero-order valence-electron chi connectivity index (χ0n) is 17.5. The van der Waals surface area contributed by atoms with Crippen LogP contribution in [0.3, 0.4) is 0 Å². The van der Waals surface area contributed by atoms with E-state index in [2.05, 4.69) is 5.32 Å². The van der Waals surface area contributed by atoms with Crippen molar-refractivity contribution in [1.82, 2.24) is 10.2 Å². The Hall–Kier alpha value is -3.39. The van der Waals surface area contributed by atoms with Gasteiger partial charge in [0.25, 0.3) is 11.8 Å². The lowest BCUT2D eigenvalue weighted by molar-refractivity contribution is 0.0210. The van der Waals surface area contributed by atoms with Gasteiger partial charge in [-0.1, -0.05) is 12.1 Å². The first-order chi connectivity index (χ1) is 15.0. The van der Waals surface area contributed by atoms with E-state index in [1.807, 2.05) is 6.07 Å². The molecule has 0 fully saturated rings. The van der Waals surface area contributed by atoms with Crippen molar-refractivity contribution in [2.45, 2.75) is 32.8 Å². The summed E-state index contributed by atoms with van der Waals surface area (Å²) in [5.41, 5.74) is 1.59. The molecule has 2 aromatic carbocycles. The number of hydrogen-bond acceptors (Lipinski definition) is 6. The largest absolute Gasteiger partial charge is 0.464 e. The first kappa shape index (κ1) is 20.9. The maximum atomic E-state index is 13.0. The van der Waals surface area contributed by atoms with Gasteiger partial charge in [0.2, 0.25) is 0 Å². The standard InChI is InChI=1S/C23H24N2O6/c1-14(2)31-23(28)24-9-3-4-10-29-13-25-21(26)17-7-5-6-16-19(17)18(22(25)27)12-15-8-11-30-20(15)16/h5-8,11-12,14H,3-4,9-10,13H2,1-2H3,(H,24,28). The Morgan fingerprint density at radius 2 is 1.94 bits per heavy atom. The summed E-state index contributed by atoms with van der Waals surface area (Å²) >= 11 is 0. The number of nitrogens with one attached hydrogen (secondary N) is 1. The minimum absolute atomic E-state index is 0.125. The summed E-state index contributed by atoms with van der Waals surface area (Å²) in [7, 11) is 0. The van der Waals surface area contributed by atoms with E-state index < -0.39 is 6.09 Å². The van der Waals surface area contributed by atoms with Crippen LogP contribution in [0.2, 0.25) is 0 Å². The van der Waals surface area contributed by atoms with Crippen LogP contribution in [-0.4, -0.2) is 48.8 Å². The molecule has 1 N–H and O–H groups in total. The lowest BCUT2D eigenvalue weighted by atomic mass is 9.93. The predicted molar refractivity (Wildman–Crippen MR) is 114 cm³/mol. The van der Waals surface area contributed by atoms with Crippen molar-refractivity contribution in [3.8, 4) is 0 Å². The zero-order chi connectivity index (χ0) is 22.0. The number of rotatable bonds is 8. The molecule has 0 radical (unpaired) electrons. The van der Waals surface area contributed by atoms with Crippen LogP contribution in [0.15, 0.2) is 41.0 Å². The fourth-order valence-electron chi connectivity index (χ4n) is 3.69. The lowest BCUT2D eigenvalue weighted by Crippen LogP contribution is -2.41. The van der Waals surface area contributed by atoms with E-state index in [4.69, 9.17) is 13.9 Å². The highest BCUT2D eigenvalue weighted by Gasteiger charge is 2.33. The van der Waals surface area contributed by atoms with Crippen molar-refractivity contribution in [1.29, 1.82) is 0 Å². The molecule has 0 saturated carbocycles. The Morgan fingerprint density at radius 3 is 2.74 bits per heavy atom. The van der Waals surface area contributed by atoms with Crippen LogP contribution in [0, 0.1) is 0 Å². The highest BCUT2D eigenvalue weighted by atomic mass is 16.6. The Labute approximate surface area is 179 Å². The summed E-state index contributed by atoms with van der Waals surface area (Å²) in [5.74, 6) is -0.762. The van der Waals surface area contributed by atoms with Gasteiger partial charge in [-0.05, 0) is 44.9 Å². The van der Waals surface area contributed by atoms with Crippen LogP contribution in [0.4, 0.5) is 4.79 Å². The maximum absolute atomic E-state index is 13.0. The number of carbonyl (C=O) groups excluding carboxylic acids is 3. The SMILES string of the molecule is CC(C)OC(=O)NCCCCOCN1C(=O)c2cccc3c2c(cc2ccoc23)C1=O. The van der Waals surface area contributed by atoms with Gasteiger partial charge in [0, 0.05) is 40.4 Å². The van der Waals surface area contributed by atoms with E-state index in [1.165, 1.54) is 0 Å². The average molecular weight is 424 g/mol. The monoisotopic (exact) mass is 424 g/mol. The number of unbranched alkanes of at least 4 members (excludes halogenated alkanes) is 1. The van der Waals surface area contributed by atoms with Crippen molar-refractivity contribution in [2.24, 2.45) is 0 Å². The van der Waals surface area contributed by atoms with Crippen molar-refractivity contribution in [2.75, 3.05) is 19.9 Å². The number of fused-ring (bicyclic) bond motifs is 2. The van der Waals surface area contributed by atoms with E-state index in [0.717, 1.165) is 15.7 Å². The number of alkyl carbamates (subject to hydrolysis) is 1. The molecule has 0 unspecified atom stereocenters. The summed E-state index contributed by atoms with van der Waals surface area (Å²) in [6.07, 6.45) is 2.32. The molecule has 0 saturated heterocycles. The molecule has 4 rings (SSSR count). The number of carbonyl (C=O) groups is 3. The number of benzene rings is 2. The van der Waals surface area contributed by atoms with Crippen LogP contribution >= 0.6 is 0 Å². The molecule has 31 heavy (non-hydrogen) atoms. The third-order valence-corrected chi connectivity index (χ3v) is 5.07. The van der Waals surface area contributed by atoms with Crippen LogP contribution in [0.5, 0.6) is 0 Å². The van der Waals surface area contributed by atoms with E-state index in [1.54, 1.807) is 44.4 Å². The number of ether oxygens (including phenoxy) is 2. The number of nitrogens with zero attached hydrogens (tertiary/aromatic N) is 1. The second kappa shape index (κ2) is 8.77. The van der Waals surface area contributed by atoms with Gasteiger partial charge in [-0.25, -0.2) is 4.79 Å². The Balaban J connectivity index is 1.36. The fraction of sp³-hybridized carbons (Fsp3) is 0.348. The minimum atomic E-state index is -0.444. The van der Waals surface area contributed by atoms with E-state index in [0.29, 0.717) is 48.1 Å². The second-order valence-corrected chi connectivity index (χ2v) is 7.65. The molecule has 3 aromatic rings. The average Bonchev–Trinajstić information content (AvgIpc) is 3.21. The Bertz CT molecular complexity index is 1150. The molecule has 0 spiro atoms. The third-order valence-electron chi connectivity index (χ3n) is 5.07. The van der Waals surface area contributed by atoms with Crippen molar-refractivity contribution < 1.29 is 28.3 Å². The molecule has 3 amide bonds. The van der Waals surface area contributed by atoms with Gasteiger partial charge in [-0.2, -0.15) is 0 Å². The molecule has 2 heterocycles. The lowest BCUT2D eigenvalue weighted by Gasteiger charge is -2.27. The van der Waals surface area contributed by atoms with Crippen molar-refractivity contribution in [3.63, 3.8) is 0 Å². The molecule has 162 valence electrons. The van der Waals surface area contributed by atoms with Crippen molar-refractivity contribution >= 4 is 39.6 Å². The third kappa shape index (κ3) is 4.11. The molecule has 0 atom stereocenters. The first-order valence-corrected chi connectivity index (χ1v) is 10.3. The molecule has 8 heteroatoms. The first-order valence-electron chi connectivity index (χ1n) is 10.3. The molecule has 0 aliphatic carbocycles. The van der Waals surface area contributed by atoms with Crippen molar-refractivity contribution in [3.05, 3.63) is 47.7 Å². The molecule has 0 bridgehead atoms. The fourth-order valence-corrected chi connectivity index (χ4v) is 3.69. The smallest absolute Gasteiger partial charge is 0.407 e. The van der Waals surface area contributed by atoms with Gasteiger partial charge < -0.3 is 19.2 Å². The van der Waals surface area contributed by atoms with E-state index in [9.17, 15) is 14.4 Å². The minimum Gasteiger partial charge on any atom is -0.464 e. The number of imide groups is 1. The van der Waals surface area contributed by atoms with Gasteiger partial charge in [-0.15, -0.1) is 0 Å². The molecular weight excluding hydrogens is 400 g/mol. The maximum Gasteiger partial charge on any atom is 0.407 e. The summed E-state index contributed by atoms with van der Waals surface area (Å²) in [4.78, 5) is 38.5.